The van der Waals surface area contributed by atoms with Crippen LogP contribution in [0.1, 0.15) is 24.9 Å². The standard InChI is InChI=1S/C12H18N4/c1-4-10(16(2)3)8-6-5-7-9-11(8)15-12(13)14-9/h5-7,10H,4H2,1-3H3,(H3,13,14,15). The molecule has 0 aliphatic rings. The van der Waals surface area contributed by atoms with Crippen LogP contribution in [0.5, 0.6) is 0 Å². The zero-order chi connectivity index (χ0) is 11.7. The van der Waals surface area contributed by atoms with Gasteiger partial charge in [0.05, 0.1) is 11.0 Å². The van der Waals surface area contributed by atoms with Crippen molar-refractivity contribution in [2.45, 2.75) is 19.4 Å². The molecule has 0 bridgehead atoms. The molecule has 0 radical (unpaired) electrons. The van der Waals surface area contributed by atoms with Gasteiger partial charge >= 0.3 is 0 Å². The molecule has 1 unspecified atom stereocenters. The number of nitrogens with zero attached hydrogens (tertiary/aromatic N) is 2. The van der Waals surface area contributed by atoms with Gasteiger partial charge in [0.15, 0.2) is 5.95 Å². The average Bonchev–Trinajstić information content (AvgIpc) is 2.59. The number of hydrogen-bond acceptors (Lipinski definition) is 3. The summed E-state index contributed by atoms with van der Waals surface area (Å²) < 4.78 is 0. The van der Waals surface area contributed by atoms with E-state index < -0.39 is 0 Å². The highest BCUT2D eigenvalue weighted by Crippen LogP contribution is 2.28. The molecule has 2 rings (SSSR count). The van der Waals surface area contributed by atoms with Crippen molar-refractivity contribution in [1.82, 2.24) is 14.9 Å². The van der Waals surface area contributed by atoms with Crippen LogP contribution in [0, 0.1) is 0 Å². The molecule has 1 aromatic heterocycles. The van der Waals surface area contributed by atoms with Crippen LogP contribution in [0.4, 0.5) is 5.95 Å². The Morgan fingerprint density at radius 1 is 1.44 bits per heavy atom. The van der Waals surface area contributed by atoms with Gasteiger partial charge in [-0.25, -0.2) is 4.98 Å². The van der Waals surface area contributed by atoms with E-state index >= 15 is 0 Å². The summed E-state index contributed by atoms with van der Waals surface area (Å²) >= 11 is 0. The normalized spacial score (nSPS) is 13.5. The number of nitrogens with one attached hydrogen (secondary N) is 1. The summed E-state index contributed by atoms with van der Waals surface area (Å²) in [6.45, 7) is 2.18. The van der Waals surface area contributed by atoms with Gasteiger partial charge in [-0.15, -0.1) is 0 Å². The number of benzene rings is 1. The van der Waals surface area contributed by atoms with Crippen LogP contribution in [-0.4, -0.2) is 29.0 Å². The molecule has 2 aromatic rings. The van der Waals surface area contributed by atoms with Gasteiger partial charge in [0.2, 0.25) is 0 Å². The Kier molecular flexibility index (Phi) is 2.83. The number of imidazole rings is 1. The predicted molar refractivity (Wildman–Crippen MR) is 67.2 cm³/mol. The molecule has 0 saturated carbocycles. The Hall–Kier alpha value is -1.55. The van der Waals surface area contributed by atoms with Crippen molar-refractivity contribution in [3.8, 4) is 0 Å². The summed E-state index contributed by atoms with van der Waals surface area (Å²) in [5.74, 6) is 0.482. The molecule has 0 amide bonds. The molecular formula is C12H18N4. The lowest BCUT2D eigenvalue weighted by atomic mass is 10.0. The molecule has 0 aliphatic heterocycles. The van der Waals surface area contributed by atoms with Gasteiger partial charge in [0.25, 0.3) is 0 Å². The van der Waals surface area contributed by atoms with Crippen LogP contribution >= 0.6 is 0 Å². The molecule has 1 atom stereocenters. The minimum Gasteiger partial charge on any atom is -0.369 e. The fourth-order valence-electron chi connectivity index (χ4n) is 2.21. The molecule has 0 aliphatic carbocycles. The maximum Gasteiger partial charge on any atom is 0.198 e. The molecule has 4 heteroatoms. The van der Waals surface area contributed by atoms with Crippen LogP contribution < -0.4 is 5.73 Å². The minimum atomic E-state index is 0.392. The Labute approximate surface area is 95.5 Å². The lowest BCUT2D eigenvalue weighted by Gasteiger charge is -2.23. The summed E-state index contributed by atoms with van der Waals surface area (Å²) in [5.41, 5.74) is 8.95. The van der Waals surface area contributed by atoms with Gasteiger partial charge < -0.3 is 15.6 Å². The van der Waals surface area contributed by atoms with Gasteiger partial charge in [-0.1, -0.05) is 19.1 Å². The van der Waals surface area contributed by atoms with Gasteiger partial charge in [-0.2, -0.15) is 0 Å². The van der Waals surface area contributed by atoms with E-state index in [1.54, 1.807) is 0 Å². The lowest BCUT2D eigenvalue weighted by molar-refractivity contribution is 0.293. The zero-order valence-corrected chi connectivity index (χ0v) is 9.99. The number of H-pyrrole nitrogens is 1. The Morgan fingerprint density at radius 3 is 2.81 bits per heavy atom. The number of anilines is 1. The van der Waals surface area contributed by atoms with E-state index in [1.165, 1.54) is 5.56 Å². The number of aromatic nitrogens is 2. The van der Waals surface area contributed by atoms with Crippen molar-refractivity contribution in [3.63, 3.8) is 0 Å². The quantitative estimate of drug-likeness (QED) is 0.830. The van der Waals surface area contributed by atoms with Crippen LogP contribution in [-0.2, 0) is 0 Å². The zero-order valence-electron chi connectivity index (χ0n) is 9.99. The minimum absolute atomic E-state index is 0.392. The molecule has 1 heterocycles. The SMILES string of the molecule is CCC(c1cccc2nc(N)[nH]c12)N(C)C. The topological polar surface area (TPSA) is 57.9 Å². The smallest absolute Gasteiger partial charge is 0.198 e. The molecule has 3 N–H and O–H groups in total. The molecule has 0 spiro atoms. The maximum absolute atomic E-state index is 5.70. The average molecular weight is 218 g/mol. The largest absolute Gasteiger partial charge is 0.369 e. The second-order valence-corrected chi connectivity index (χ2v) is 4.25. The molecule has 86 valence electrons. The summed E-state index contributed by atoms with van der Waals surface area (Å²) in [4.78, 5) is 9.60. The number of rotatable bonds is 3. The molecular weight excluding hydrogens is 200 g/mol. The van der Waals surface area contributed by atoms with Gasteiger partial charge in [0, 0.05) is 6.04 Å². The first-order valence-electron chi connectivity index (χ1n) is 5.54. The third kappa shape index (κ3) is 1.76. The van der Waals surface area contributed by atoms with E-state index in [4.69, 9.17) is 5.73 Å². The Morgan fingerprint density at radius 2 is 2.19 bits per heavy atom. The maximum atomic E-state index is 5.70. The van der Waals surface area contributed by atoms with Gasteiger partial charge in [-0.3, -0.25) is 0 Å². The predicted octanol–water partition coefficient (Wildman–Crippen LogP) is 2.16. The monoisotopic (exact) mass is 218 g/mol. The van der Waals surface area contributed by atoms with Crippen molar-refractivity contribution >= 4 is 17.0 Å². The number of hydrogen-bond donors (Lipinski definition) is 2. The number of aromatic amines is 1. The van der Waals surface area contributed by atoms with E-state index in [-0.39, 0.29) is 0 Å². The highest BCUT2D eigenvalue weighted by Gasteiger charge is 2.16. The fourth-order valence-corrected chi connectivity index (χ4v) is 2.21. The Bertz CT molecular complexity index is 487. The van der Waals surface area contributed by atoms with Crippen LogP contribution in [0.2, 0.25) is 0 Å². The third-order valence-electron chi connectivity index (χ3n) is 2.94. The van der Waals surface area contributed by atoms with Crippen molar-refractivity contribution < 1.29 is 0 Å². The van der Waals surface area contributed by atoms with Crippen molar-refractivity contribution in [3.05, 3.63) is 23.8 Å². The first-order chi connectivity index (χ1) is 7.63. The van der Waals surface area contributed by atoms with E-state index in [1.807, 2.05) is 12.1 Å². The lowest BCUT2D eigenvalue weighted by Crippen LogP contribution is -2.19. The highest BCUT2D eigenvalue weighted by molar-refractivity contribution is 5.81. The van der Waals surface area contributed by atoms with Gasteiger partial charge in [0.1, 0.15) is 0 Å². The second kappa shape index (κ2) is 4.14. The van der Waals surface area contributed by atoms with E-state index in [0.717, 1.165) is 17.5 Å². The summed E-state index contributed by atoms with van der Waals surface area (Å²) in [6.07, 6.45) is 1.06. The summed E-state index contributed by atoms with van der Waals surface area (Å²) in [5, 5.41) is 0. The van der Waals surface area contributed by atoms with Crippen LogP contribution in [0.3, 0.4) is 0 Å². The van der Waals surface area contributed by atoms with Gasteiger partial charge in [-0.05, 0) is 32.1 Å². The molecule has 0 fully saturated rings. The van der Waals surface area contributed by atoms with E-state index in [0.29, 0.717) is 12.0 Å². The van der Waals surface area contributed by atoms with E-state index in [9.17, 15) is 0 Å². The first kappa shape index (κ1) is 11.0. The van der Waals surface area contributed by atoms with Crippen LogP contribution in [0.25, 0.3) is 11.0 Å². The third-order valence-corrected chi connectivity index (χ3v) is 2.94. The molecule has 16 heavy (non-hydrogen) atoms. The van der Waals surface area contributed by atoms with Crippen molar-refractivity contribution in [1.29, 1.82) is 0 Å². The number of nitrogens with two attached hydrogens (primary N) is 1. The summed E-state index contributed by atoms with van der Waals surface area (Å²) in [7, 11) is 4.18. The number of fused-ring (bicyclic) bond motifs is 1. The fraction of sp³-hybridized carbons (Fsp3) is 0.417. The van der Waals surface area contributed by atoms with E-state index in [2.05, 4.69) is 42.0 Å². The second-order valence-electron chi connectivity index (χ2n) is 4.25. The number of para-hydroxylation sites is 1. The first-order valence-corrected chi connectivity index (χ1v) is 5.54. The number of nitrogen functional groups attached to an aromatic ring is 1. The van der Waals surface area contributed by atoms with Crippen molar-refractivity contribution in [2.24, 2.45) is 0 Å². The molecule has 0 saturated heterocycles. The summed E-state index contributed by atoms with van der Waals surface area (Å²) in [6, 6.07) is 6.54. The molecule has 1 aromatic carbocycles. The Balaban J connectivity index is 2.58. The van der Waals surface area contributed by atoms with Crippen LogP contribution in [0.15, 0.2) is 18.2 Å². The molecule has 4 nitrogen and oxygen atoms in total. The highest BCUT2D eigenvalue weighted by atomic mass is 15.1. The van der Waals surface area contributed by atoms with Crippen molar-refractivity contribution in [2.75, 3.05) is 19.8 Å².